The largest absolute Gasteiger partial charge is 2.00 e. The molecule has 4 nitrogen and oxygen atoms in total. The number of unbranched alkanes of at least 4 members (excludes halogenated alkanes) is 20. The van der Waals surface area contributed by atoms with Crippen LogP contribution in [0.1, 0.15) is 235 Å². The molecule has 0 amide bonds. The van der Waals surface area contributed by atoms with Crippen LogP contribution in [-0.2, 0) is 46.1 Å². The van der Waals surface area contributed by atoms with Gasteiger partial charge in [-0.25, -0.2) is 4.70 Å². The molecule has 0 unspecified atom stereocenters. The zero-order valence-corrected chi connectivity index (χ0v) is 42.4. The van der Waals surface area contributed by atoms with Crippen molar-refractivity contribution in [1.82, 2.24) is 0 Å². The number of aryl methyl sites for hydroxylation is 4. The second kappa shape index (κ2) is 39.9. The van der Waals surface area contributed by atoms with E-state index in [0.29, 0.717) is 0 Å². The van der Waals surface area contributed by atoms with E-state index in [1.807, 2.05) is 0 Å². The first-order valence-electron chi connectivity index (χ1n) is 25.0. The van der Waals surface area contributed by atoms with E-state index in [9.17, 15) is 5.53 Å². The van der Waals surface area contributed by atoms with Crippen LogP contribution < -0.4 is 0 Å². The molecule has 0 aliphatic carbocycles. The van der Waals surface area contributed by atoms with Gasteiger partial charge in [-0.1, -0.05) is 175 Å². The van der Waals surface area contributed by atoms with E-state index in [-0.39, 0.29) is 20.4 Å². The van der Waals surface area contributed by atoms with Crippen LogP contribution in [0.5, 0.6) is 0 Å². The number of benzene rings is 2. The van der Waals surface area contributed by atoms with Gasteiger partial charge in [-0.3, -0.25) is 0 Å². The van der Waals surface area contributed by atoms with Crippen LogP contribution >= 0.6 is 0 Å². The zero-order chi connectivity index (χ0) is 43.4. The molecule has 5 heteroatoms. The molecule has 3 rings (SSSR count). The van der Waals surface area contributed by atoms with Crippen molar-refractivity contribution in [3.05, 3.63) is 97.6 Å². The summed E-state index contributed by atoms with van der Waals surface area (Å²) in [6.07, 6.45) is 40.6. The zero-order valence-electron chi connectivity index (χ0n) is 40.9. The van der Waals surface area contributed by atoms with Gasteiger partial charge in [-0.05, 0) is 111 Å². The third-order valence-corrected chi connectivity index (χ3v) is 11.6. The molecule has 0 atom stereocenters. The quantitative estimate of drug-likeness (QED) is 0.0399. The number of nitrogens with zero attached hydrogens (tertiary/aromatic N) is 4. The summed E-state index contributed by atoms with van der Waals surface area (Å²) in [5.74, 6) is 0. The van der Waals surface area contributed by atoms with Gasteiger partial charge in [0.1, 0.15) is 0 Å². The SMILES string of the molecule is CCCCCCCCCCCC1=C(c2cc(CCCC)cc(CCCCCCCC)c2)[N+](=[N-])C(c2cc(CCCC)cc(CCCCCCCC)c2)=C1.C[N-]C.C[N-]C.[Pd+2]. The molecule has 0 radical (unpaired) electrons. The predicted molar refractivity (Wildman–Crippen MR) is 265 cm³/mol. The minimum absolute atomic E-state index is 0. The Morgan fingerprint density at radius 3 is 1.02 bits per heavy atom. The summed E-state index contributed by atoms with van der Waals surface area (Å²) in [6.45, 7) is 11.5. The van der Waals surface area contributed by atoms with E-state index in [1.54, 1.807) is 32.9 Å². The van der Waals surface area contributed by atoms with Crippen LogP contribution in [0.15, 0.2) is 48.0 Å². The topological polar surface area (TPSA) is 53.5 Å². The molecule has 1 heterocycles. The third-order valence-electron chi connectivity index (χ3n) is 11.6. The van der Waals surface area contributed by atoms with Crippen molar-refractivity contribution in [2.45, 2.75) is 227 Å². The normalized spacial score (nSPS) is 12.2. The van der Waals surface area contributed by atoms with E-state index in [2.05, 4.69) is 87.7 Å². The van der Waals surface area contributed by atoms with E-state index in [4.69, 9.17) is 0 Å². The first-order valence-corrected chi connectivity index (χ1v) is 25.0. The van der Waals surface area contributed by atoms with Gasteiger partial charge in [0.2, 0.25) is 11.4 Å². The molecule has 1 aliphatic heterocycles. The molecule has 2 aromatic carbocycles. The molecule has 0 bridgehead atoms. The number of rotatable bonds is 32. The van der Waals surface area contributed by atoms with Gasteiger partial charge < -0.3 is 16.2 Å². The van der Waals surface area contributed by atoms with Crippen LogP contribution in [0.4, 0.5) is 0 Å². The summed E-state index contributed by atoms with van der Waals surface area (Å²) in [7, 11) is 7.00. The monoisotopic (exact) mass is 917 g/mol. The fraction of sp³-hybridized carbons (Fsp3) is 0.709. The molecule has 0 aromatic heterocycles. The minimum atomic E-state index is 0. The standard InChI is InChI=1S/C51H82N2.2C2H6N.Pd/c1-6-11-16-19-22-23-24-27-30-35-47-42-50(48-38-43(31-14-9-4)36-45(39-48)33-28-25-20-17-12-7-2)53(52)51(47)49-40-44(32-15-10-5)37-46(41-49)34-29-26-21-18-13-8-3;2*1-3-2;/h36-42H,6-35H2,1-5H3;2*1-2H3;/q;2*-1;+2. The minimum Gasteiger partial charge on any atom is -0.668 e. The van der Waals surface area contributed by atoms with Gasteiger partial charge in [-0.15, -0.1) is 0 Å². The Bertz CT molecular complexity index is 1410. The maximum Gasteiger partial charge on any atom is 2.00 e. The van der Waals surface area contributed by atoms with Crippen molar-refractivity contribution >= 4 is 11.4 Å². The number of hydrogen-bond donors (Lipinski definition) is 0. The maximum atomic E-state index is 12.3. The van der Waals surface area contributed by atoms with Gasteiger partial charge in [-0.2, -0.15) is 28.2 Å². The molecule has 0 N–H and O–H groups in total. The number of allylic oxidation sites excluding steroid dienone is 2. The summed E-state index contributed by atoms with van der Waals surface area (Å²) < 4.78 is 1.60. The summed E-state index contributed by atoms with van der Waals surface area (Å²) in [4.78, 5) is 0. The maximum absolute atomic E-state index is 12.3. The van der Waals surface area contributed by atoms with Gasteiger partial charge >= 0.3 is 20.4 Å². The smallest absolute Gasteiger partial charge is 0.668 e. The van der Waals surface area contributed by atoms with Gasteiger partial charge in [0.25, 0.3) is 0 Å². The summed E-state index contributed by atoms with van der Waals surface area (Å²) in [5, 5.41) is 7.00. The second-order valence-corrected chi connectivity index (χ2v) is 17.5. The average molecular weight is 918 g/mol. The first-order chi connectivity index (χ1) is 28.9. The average Bonchev–Trinajstić information content (AvgIpc) is 3.57. The van der Waals surface area contributed by atoms with Crippen molar-refractivity contribution in [3.63, 3.8) is 0 Å². The van der Waals surface area contributed by atoms with Crippen molar-refractivity contribution in [1.29, 1.82) is 0 Å². The second-order valence-electron chi connectivity index (χ2n) is 17.5. The third kappa shape index (κ3) is 25.9. The Kier molecular flexibility index (Phi) is 38.7. The van der Waals surface area contributed by atoms with Gasteiger partial charge in [0, 0.05) is 22.8 Å². The number of hydrogen-bond acceptors (Lipinski definition) is 0. The Hall–Kier alpha value is -1.90. The fourth-order valence-electron chi connectivity index (χ4n) is 8.25. The molecule has 0 spiro atoms. The molecular weight excluding hydrogens is 823 g/mol. The Balaban J connectivity index is 0.00000468. The molecule has 2 aromatic rings. The van der Waals surface area contributed by atoms with Crippen LogP contribution in [0.2, 0.25) is 0 Å². The molecule has 0 saturated carbocycles. The van der Waals surface area contributed by atoms with Crippen molar-refractivity contribution < 1.29 is 25.1 Å². The van der Waals surface area contributed by atoms with E-state index in [1.165, 1.54) is 199 Å². The summed E-state index contributed by atoms with van der Waals surface area (Å²) in [5.41, 5.74) is 23.8. The summed E-state index contributed by atoms with van der Waals surface area (Å²) in [6, 6.07) is 14.6. The van der Waals surface area contributed by atoms with Crippen molar-refractivity contribution in [3.8, 4) is 0 Å². The van der Waals surface area contributed by atoms with E-state index in [0.717, 1.165) is 43.5 Å². The first kappa shape index (κ1) is 58.1. The Morgan fingerprint density at radius 1 is 0.383 bits per heavy atom. The molecule has 60 heavy (non-hydrogen) atoms. The van der Waals surface area contributed by atoms with Crippen LogP contribution in [0.25, 0.3) is 27.6 Å². The van der Waals surface area contributed by atoms with Gasteiger partial charge in [0.15, 0.2) is 0 Å². The molecule has 0 saturated heterocycles. The fourth-order valence-corrected chi connectivity index (χ4v) is 8.25. The predicted octanol–water partition coefficient (Wildman–Crippen LogP) is 18.1. The van der Waals surface area contributed by atoms with Gasteiger partial charge in [0.05, 0.1) is 0 Å². The molecular formula is C55H94N4Pd. The van der Waals surface area contributed by atoms with Crippen LogP contribution in [-0.4, -0.2) is 32.9 Å². The Morgan fingerprint density at radius 2 is 0.667 bits per heavy atom. The molecule has 0 fully saturated rings. The molecule has 344 valence electrons. The van der Waals surface area contributed by atoms with E-state index < -0.39 is 0 Å². The summed E-state index contributed by atoms with van der Waals surface area (Å²) >= 11 is 0. The van der Waals surface area contributed by atoms with Crippen LogP contribution in [0.3, 0.4) is 0 Å². The van der Waals surface area contributed by atoms with Crippen LogP contribution in [0, 0.1) is 0 Å². The van der Waals surface area contributed by atoms with E-state index >= 15 is 0 Å². The van der Waals surface area contributed by atoms with Crippen molar-refractivity contribution in [2.75, 3.05) is 28.2 Å². The van der Waals surface area contributed by atoms with Crippen molar-refractivity contribution in [2.24, 2.45) is 0 Å². The Labute approximate surface area is 387 Å². The molecule has 1 aliphatic rings.